The second kappa shape index (κ2) is 5.96. The first-order valence-corrected chi connectivity index (χ1v) is 9.48. The van der Waals surface area contributed by atoms with Crippen molar-refractivity contribution in [3.8, 4) is 0 Å². The monoisotopic (exact) mass is 311 g/mol. The third kappa shape index (κ3) is 3.05. The van der Waals surface area contributed by atoms with Crippen LogP contribution in [-0.4, -0.2) is 11.9 Å². The Hall–Kier alpha value is -1.31. The summed E-state index contributed by atoms with van der Waals surface area (Å²) in [7, 11) is 0. The van der Waals surface area contributed by atoms with Gasteiger partial charge in [-0.3, -0.25) is 4.79 Å². The molecule has 1 aromatic carbocycles. The molecule has 2 nitrogen and oxygen atoms in total. The van der Waals surface area contributed by atoms with E-state index in [0.29, 0.717) is 5.91 Å². The summed E-state index contributed by atoms with van der Waals surface area (Å²) in [5, 5.41) is 3.37. The summed E-state index contributed by atoms with van der Waals surface area (Å²) in [4.78, 5) is 13.0. The zero-order valence-corrected chi connectivity index (χ0v) is 14.3. The Labute approximate surface area is 140 Å². The van der Waals surface area contributed by atoms with Crippen molar-refractivity contribution < 1.29 is 4.79 Å². The molecule has 0 spiro atoms. The Kier molecular flexibility index (Phi) is 3.95. The van der Waals surface area contributed by atoms with Crippen LogP contribution in [-0.2, 0) is 11.2 Å². The molecular formula is C21H29NO. The van der Waals surface area contributed by atoms with Gasteiger partial charge in [0.15, 0.2) is 0 Å². The number of aryl methyl sites for hydroxylation is 1. The van der Waals surface area contributed by atoms with Gasteiger partial charge in [-0.15, -0.1) is 0 Å². The molecule has 1 amide bonds. The Morgan fingerprint density at radius 3 is 2.22 bits per heavy atom. The third-order valence-electron chi connectivity index (χ3n) is 6.61. The van der Waals surface area contributed by atoms with Crippen LogP contribution in [0.3, 0.4) is 0 Å². The van der Waals surface area contributed by atoms with Gasteiger partial charge in [0, 0.05) is 11.5 Å². The van der Waals surface area contributed by atoms with E-state index in [0.717, 1.165) is 49.9 Å². The lowest BCUT2D eigenvalue weighted by molar-refractivity contribution is -0.146. The second-order valence-corrected chi connectivity index (χ2v) is 8.60. The molecular weight excluding hydrogens is 282 g/mol. The maximum Gasteiger partial charge on any atom is 0.226 e. The smallest absolute Gasteiger partial charge is 0.226 e. The van der Waals surface area contributed by atoms with Crippen LogP contribution < -0.4 is 5.32 Å². The van der Waals surface area contributed by atoms with E-state index in [4.69, 9.17) is 0 Å². The van der Waals surface area contributed by atoms with E-state index in [-0.39, 0.29) is 11.5 Å². The van der Waals surface area contributed by atoms with Crippen LogP contribution in [0.1, 0.15) is 57.4 Å². The minimum atomic E-state index is -0.00421. The van der Waals surface area contributed by atoms with Crippen LogP contribution in [0.15, 0.2) is 30.3 Å². The molecule has 0 unspecified atom stereocenters. The van der Waals surface area contributed by atoms with Crippen molar-refractivity contribution in [1.29, 1.82) is 0 Å². The summed E-state index contributed by atoms with van der Waals surface area (Å²) >= 11 is 0. The van der Waals surface area contributed by atoms with E-state index < -0.39 is 0 Å². The summed E-state index contributed by atoms with van der Waals surface area (Å²) in [5.74, 6) is 2.89. The fraction of sp³-hybridized carbons (Fsp3) is 0.667. The molecule has 4 aliphatic carbocycles. The van der Waals surface area contributed by atoms with Crippen molar-refractivity contribution in [2.75, 3.05) is 0 Å². The first-order valence-electron chi connectivity index (χ1n) is 9.48. The molecule has 1 N–H and O–H groups in total. The summed E-state index contributed by atoms with van der Waals surface area (Å²) in [6.07, 6.45) is 9.76. The highest BCUT2D eigenvalue weighted by atomic mass is 16.2. The van der Waals surface area contributed by atoms with E-state index in [1.165, 1.54) is 24.8 Å². The molecule has 1 aromatic rings. The maximum absolute atomic E-state index is 13.0. The zero-order chi connectivity index (χ0) is 15.9. The largest absolute Gasteiger partial charge is 0.353 e. The first-order chi connectivity index (χ1) is 11.1. The van der Waals surface area contributed by atoms with Gasteiger partial charge in [-0.2, -0.15) is 0 Å². The first kappa shape index (κ1) is 15.2. The predicted molar refractivity (Wildman–Crippen MR) is 93.0 cm³/mol. The summed E-state index contributed by atoms with van der Waals surface area (Å²) in [6.45, 7) is 2.17. The molecule has 0 aromatic heterocycles. The molecule has 124 valence electrons. The van der Waals surface area contributed by atoms with Crippen molar-refractivity contribution in [2.24, 2.45) is 23.2 Å². The minimum absolute atomic E-state index is 0.00421. The van der Waals surface area contributed by atoms with Crippen molar-refractivity contribution in [1.82, 2.24) is 5.32 Å². The normalized spacial score (nSPS) is 36.0. The topological polar surface area (TPSA) is 29.1 Å². The lowest BCUT2D eigenvalue weighted by atomic mass is 9.49. The number of amides is 1. The van der Waals surface area contributed by atoms with Crippen LogP contribution in [0.25, 0.3) is 0 Å². The van der Waals surface area contributed by atoms with E-state index in [1.807, 2.05) is 0 Å². The van der Waals surface area contributed by atoms with Crippen LogP contribution >= 0.6 is 0 Å². The SMILES string of the molecule is C[C@H](CCc1ccccc1)NC(=O)C12CC3CC(CC(C3)C1)C2. The summed E-state index contributed by atoms with van der Waals surface area (Å²) < 4.78 is 0. The van der Waals surface area contributed by atoms with Crippen molar-refractivity contribution in [2.45, 2.75) is 64.3 Å². The molecule has 5 rings (SSSR count). The number of hydrogen-bond acceptors (Lipinski definition) is 1. The van der Waals surface area contributed by atoms with Gasteiger partial charge in [0.25, 0.3) is 0 Å². The minimum Gasteiger partial charge on any atom is -0.353 e. The predicted octanol–water partition coefficient (Wildman–Crippen LogP) is 4.34. The average molecular weight is 311 g/mol. The summed E-state index contributed by atoms with van der Waals surface area (Å²) in [5.41, 5.74) is 1.36. The van der Waals surface area contributed by atoms with E-state index in [2.05, 4.69) is 42.6 Å². The van der Waals surface area contributed by atoms with Gasteiger partial charge >= 0.3 is 0 Å². The van der Waals surface area contributed by atoms with E-state index >= 15 is 0 Å². The standard InChI is InChI=1S/C21H29NO/c1-15(7-8-16-5-3-2-4-6-16)22-20(23)21-12-17-9-18(13-21)11-19(10-17)14-21/h2-6,15,17-19H,7-14H2,1H3,(H,22,23)/t15-,17?,18?,19?,21?/m1/s1. The maximum atomic E-state index is 13.0. The van der Waals surface area contributed by atoms with Crippen molar-refractivity contribution in [3.63, 3.8) is 0 Å². The van der Waals surface area contributed by atoms with E-state index in [1.54, 1.807) is 0 Å². The lowest BCUT2D eigenvalue weighted by Gasteiger charge is -2.55. The van der Waals surface area contributed by atoms with Crippen LogP contribution in [0.5, 0.6) is 0 Å². The second-order valence-electron chi connectivity index (χ2n) is 8.60. The highest BCUT2D eigenvalue weighted by molar-refractivity contribution is 5.83. The number of benzene rings is 1. The average Bonchev–Trinajstić information content (AvgIpc) is 2.52. The quantitative estimate of drug-likeness (QED) is 0.861. The number of rotatable bonds is 5. The fourth-order valence-corrected chi connectivity index (χ4v) is 5.87. The van der Waals surface area contributed by atoms with Gasteiger partial charge in [-0.05, 0) is 81.6 Å². The number of carbonyl (C=O) groups is 1. The van der Waals surface area contributed by atoms with Crippen molar-refractivity contribution >= 4 is 5.91 Å². The molecule has 0 radical (unpaired) electrons. The van der Waals surface area contributed by atoms with Gasteiger partial charge in [-0.1, -0.05) is 30.3 Å². The Bertz CT molecular complexity index is 529. The number of carbonyl (C=O) groups excluding carboxylic acids is 1. The molecule has 0 saturated heterocycles. The van der Waals surface area contributed by atoms with Crippen LogP contribution in [0.4, 0.5) is 0 Å². The Morgan fingerprint density at radius 2 is 1.65 bits per heavy atom. The molecule has 4 saturated carbocycles. The molecule has 2 heteroatoms. The van der Waals surface area contributed by atoms with Gasteiger partial charge in [-0.25, -0.2) is 0 Å². The molecule has 1 atom stereocenters. The zero-order valence-electron chi connectivity index (χ0n) is 14.3. The Balaban J connectivity index is 1.34. The molecule has 4 aliphatic rings. The third-order valence-corrected chi connectivity index (χ3v) is 6.61. The van der Waals surface area contributed by atoms with Crippen molar-refractivity contribution in [3.05, 3.63) is 35.9 Å². The highest BCUT2D eigenvalue weighted by Gasteiger charge is 2.54. The van der Waals surface area contributed by atoms with Gasteiger partial charge < -0.3 is 5.32 Å². The highest BCUT2D eigenvalue weighted by Crippen LogP contribution is 2.60. The van der Waals surface area contributed by atoms with Gasteiger partial charge in [0.05, 0.1) is 0 Å². The number of hydrogen-bond donors (Lipinski definition) is 1. The molecule has 4 bridgehead atoms. The van der Waals surface area contributed by atoms with E-state index in [9.17, 15) is 4.79 Å². The molecule has 0 aliphatic heterocycles. The van der Waals surface area contributed by atoms with Crippen LogP contribution in [0.2, 0.25) is 0 Å². The Morgan fingerprint density at radius 1 is 1.09 bits per heavy atom. The number of nitrogens with one attached hydrogen (secondary N) is 1. The lowest BCUT2D eigenvalue weighted by Crippen LogP contribution is -2.54. The fourth-order valence-electron chi connectivity index (χ4n) is 5.87. The molecule has 23 heavy (non-hydrogen) atoms. The molecule has 4 fully saturated rings. The van der Waals surface area contributed by atoms with Crippen LogP contribution in [0, 0.1) is 23.2 Å². The van der Waals surface area contributed by atoms with Gasteiger partial charge in [0.1, 0.15) is 0 Å². The summed E-state index contributed by atoms with van der Waals surface area (Å²) in [6, 6.07) is 10.9. The molecule has 0 heterocycles. The van der Waals surface area contributed by atoms with Gasteiger partial charge in [0.2, 0.25) is 5.91 Å².